The summed E-state index contributed by atoms with van der Waals surface area (Å²) in [6.07, 6.45) is 3.53. The van der Waals surface area contributed by atoms with Gasteiger partial charge in [0.15, 0.2) is 0 Å². The van der Waals surface area contributed by atoms with E-state index in [2.05, 4.69) is 10.3 Å². The van der Waals surface area contributed by atoms with Gasteiger partial charge in [-0.15, -0.1) is 0 Å². The number of nitrogens with one attached hydrogen (secondary N) is 1. The summed E-state index contributed by atoms with van der Waals surface area (Å²) in [5.41, 5.74) is 3.12. The first-order valence-electron chi connectivity index (χ1n) is 8.59. The molecule has 0 saturated heterocycles. The van der Waals surface area contributed by atoms with Gasteiger partial charge in [0, 0.05) is 24.5 Å². The van der Waals surface area contributed by atoms with Crippen molar-refractivity contribution in [1.29, 1.82) is 0 Å². The van der Waals surface area contributed by atoms with Crippen molar-refractivity contribution >= 4 is 6.03 Å². The van der Waals surface area contributed by atoms with E-state index in [1.54, 1.807) is 24.4 Å². The molecule has 0 bridgehead atoms. The fraction of sp³-hybridized carbons (Fsp3) is 0.400. The Balaban J connectivity index is 2.15. The second kappa shape index (κ2) is 8.51. The smallest absolute Gasteiger partial charge is 0.318 e. The molecule has 0 aliphatic heterocycles. The predicted molar refractivity (Wildman–Crippen MR) is 99.7 cm³/mol. The van der Waals surface area contributed by atoms with Crippen LogP contribution >= 0.6 is 0 Å². The average molecular weight is 341 g/mol. The number of aryl methyl sites for hydroxylation is 1. The van der Waals surface area contributed by atoms with E-state index >= 15 is 0 Å². The number of aromatic nitrogens is 1. The Hall–Kier alpha value is -2.56. The molecule has 2 atom stereocenters. The third kappa shape index (κ3) is 4.50. The zero-order valence-electron chi connectivity index (χ0n) is 15.6. The minimum atomic E-state index is -0.155. The molecule has 5 heteroatoms. The van der Waals surface area contributed by atoms with Crippen molar-refractivity contribution in [1.82, 2.24) is 15.2 Å². The maximum atomic E-state index is 12.8. The lowest BCUT2D eigenvalue weighted by atomic mass is 10.0. The summed E-state index contributed by atoms with van der Waals surface area (Å²) in [6.45, 7) is 8.60. The van der Waals surface area contributed by atoms with Crippen LogP contribution in [0.3, 0.4) is 0 Å². The number of carbonyl (C=O) groups is 1. The summed E-state index contributed by atoms with van der Waals surface area (Å²) in [7, 11) is 1.64. The predicted octanol–water partition coefficient (Wildman–Crippen LogP) is 4.25. The quantitative estimate of drug-likeness (QED) is 0.854. The van der Waals surface area contributed by atoms with Gasteiger partial charge in [0.1, 0.15) is 5.75 Å². The molecule has 2 rings (SSSR count). The van der Waals surface area contributed by atoms with Gasteiger partial charge in [0.2, 0.25) is 0 Å². The molecule has 2 aromatic rings. The Morgan fingerprint density at radius 1 is 1.32 bits per heavy atom. The van der Waals surface area contributed by atoms with Crippen molar-refractivity contribution in [2.45, 2.75) is 39.8 Å². The molecule has 1 N–H and O–H groups in total. The minimum absolute atomic E-state index is 0.0506. The Kier molecular flexibility index (Phi) is 6.39. The Morgan fingerprint density at radius 3 is 2.68 bits per heavy atom. The summed E-state index contributed by atoms with van der Waals surface area (Å²) in [5, 5.41) is 3.09. The maximum Gasteiger partial charge on any atom is 0.318 e. The molecule has 25 heavy (non-hydrogen) atoms. The van der Waals surface area contributed by atoms with Crippen molar-refractivity contribution in [3.63, 3.8) is 0 Å². The zero-order valence-corrected chi connectivity index (χ0v) is 15.6. The second-order valence-corrected chi connectivity index (χ2v) is 6.16. The molecular weight excluding hydrogens is 314 g/mol. The van der Waals surface area contributed by atoms with Gasteiger partial charge in [-0.05, 0) is 45.4 Å². The first-order valence-corrected chi connectivity index (χ1v) is 8.59. The molecule has 0 aliphatic carbocycles. The highest BCUT2D eigenvalue weighted by atomic mass is 16.5. The SMILES string of the molecule is CCN(C(=O)N[C@@H](C)c1cc(C)ccc1OC)[C@@H](C)c1cccnc1. The number of benzene rings is 1. The fourth-order valence-electron chi connectivity index (χ4n) is 2.93. The molecule has 5 nitrogen and oxygen atoms in total. The van der Waals surface area contributed by atoms with E-state index in [1.807, 2.05) is 58.0 Å². The number of urea groups is 1. The van der Waals surface area contributed by atoms with Crippen LogP contribution in [0.2, 0.25) is 0 Å². The number of amides is 2. The maximum absolute atomic E-state index is 12.8. The monoisotopic (exact) mass is 341 g/mol. The number of nitrogens with zero attached hydrogens (tertiary/aromatic N) is 2. The summed E-state index contributed by atoms with van der Waals surface area (Å²) in [4.78, 5) is 18.8. The average Bonchev–Trinajstić information content (AvgIpc) is 2.62. The van der Waals surface area contributed by atoms with Crippen LogP contribution in [0.4, 0.5) is 4.79 Å². The van der Waals surface area contributed by atoms with Crippen molar-refractivity contribution < 1.29 is 9.53 Å². The third-order valence-corrected chi connectivity index (χ3v) is 4.43. The van der Waals surface area contributed by atoms with Crippen LogP contribution in [0.5, 0.6) is 5.75 Å². The van der Waals surface area contributed by atoms with Gasteiger partial charge in [0.05, 0.1) is 19.2 Å². The lowest BCUT2D eigenvalue weighted by Crippen LogP contribution is -2.42. The molecule has 0 unspecified atom stereocenters. The van der Waals surface area contributed by atoms with Crippen LogP contribution in [0, 0.1) is 6.92 Å². The van der Waals surface area contributed by atoms with Gasteiger partial charge >= 0.3 is 6.03 Å². The van der Waals surface area contributed by atoms with Crippen LogP contribution in [0.1, 0.15) is 49.5 Å². The van der Waals surface area contributed by atoms with Crippen molar-refractivity contribution in [2.75, 3.05) is 13.7 Å². The van der Waals surface area contributed by atoms with E-state index in [9.17, 15) is 4.79 Å². The number of hydrogen-bond donors (Lipinski definition) is 1. The van der Waals surface area contributed by atoms with Gasteiger partial charge in [-0.1, -0.05) is 23.8 Å². The standard InChI is InChI=1S/C20H27N3O2/c1-6-23(16(4)17-8-7-11-21-13-17)20(24)22-15(3)18-12-14(2)9-10-19(18)25-5/h7-13,15-16H,6H2,1-5H3,(H,22,24)/t15-,16-/m0/s1. The number of rotatable bonds is 6. The van der Waals surface area contributed by atoms with Crippen molar-refractivity contribution in [3.05, 3.63) is 59.4 Å². The first kappa shape index (κ1) is 18.8. The minimum Gasteiger partial charge on any atom is -0.496 e. The number of carbonyl (C=O) groups excluding carboxylic acids is 1. The van der Waals surface area contributed by atoms with E-state index < -0.39 is 0 Å². The number of methoxy groups -OCH3 is 1. The van der Waals surface area contributed by atoms with E-state index in [4.69, 9.17) is 4.74 Å². The molecule has 0 aliphatic rings. The topological polar surface area (TPSA) is 54.5 Å². The normalized spacial score (nSPS) is 13.0. The van der Waals surface area contributed by atoms with Crippen LogP contribution in [0.25, 0.3) is 0 Å². The van der Waals surface area contributed by atoms with Gasteiger partial charge in [-0.25, -0.2) is 4.79 Å². The Labute approximate surface area is 150 Å². The molecule has 0 fully saturated rings. The summed E-state index contributed by atoms with van der Waals surface area (Å²) in [5.74, 6) is 0.779. The van der Waals surface area contributed by atoms with Crippen LogP contribution in [0.15, 0.2) is 42.7 Å². The van der Waals surface area contributed by atoms with Gasteiger partial charge in [-0.3, -0.25) is 4.98 Å². The van der Waals surface area contributed by atoms with Crippen LogP contribution in [-0.4, -0.2) is 29.6 Å². The van der Waals surface area contributed by atoms with Crippen molar-refractivity contribution in [2.24, 2.45) is 0 Å². The van der Waals surface area contributed by atoms with Crippen molar-refractivity contribution in [3.8, 4) is 5.75 Å². The lowest BCUT2D eigenvalue weighted by Gasteiger charge is -2.30. The largest absolute Gasteiger partial charge is 0.496 e. The highest BCUT2D eigenvalue weighted by Gasteiger charge is 2.22. The summed E-state index contributed by atoms with van der Waals surface area (Å²) >= 11 is 0. The van der Waals surface area contributed by atoms with E-state index in [1.165, 1.54) is 0 Å². The summed E-state index contributed by atoms with van der Waals surface area (Å²) < 4.78 is 5.43. The molecule has 0 saturated carbocycles. The summed E-state index contributed by atoms with van der Waals surface area (Å²) in [6, 6.07) is 9.55. The van der Waals surface area contributed by atoms with Gasteiger partial charge in [0.25, 0.3) is 0 Å². The molecular formula is C20H27N3O2. The molecule has 2 amide bonds. The first-order chi connectivity index (χ1) is 12.0. The molecule has 134 valence electrons. The second-order valence-electron chi connectivity index (χ2n) is 6.16. The molecule has 0 spiro atoms. The number of pyridine rings is 1. The lowest BCUT2D eigenvalue weighted by molar-refractivity contribution is 0.179. The molecule has 1 aromatic carbocycles. The fourth-order valence-corrected chi connectivity index (χ4v) is 2.93. The number of hydrogen-bond acceptors (Lipinski definition) is 3. The Morgan fingerprint density at radius 2 is 2.08 bits per heavy atom. The molecule has 0 radical (unpaired) electrons. The highest BCUT2D eigenvalue weighted by molar-refractivity contribution is 5.75. The van der Waals surface area contributed by atoms with E-state index in [0.29, 0.717) is 6.54 Å². The zero-order chi connectivity index (χ0) is 18.4. The number of ether oxygens (including phenoxy) is 1. The third-order valence-electron chi connectivity index (χ3n) is 4.43. The van der Waals surface area contributed by atoms with Crippen LogP contribution in [-0.2, 0) is 0 Å². The Bertz CT molecular complexity index is 703. The van der Waals surface area contributed by atoms with Gasteiger partial charge in [-0.2, -0.15) is 0 Å². The molecule has 1 aromatic heterocycles. The highest BCUT2D eigenvalue weighted by Crippen LogP contribution is 2.27. The van der Waals surface area contributed by atoms with Gasteiger partial charge < -0.3 is 15.0 Å². The molecule has 1 heterocycles. The van der Waals surface area contributed by atoms with Crippen LogP contribution < -0.4 is 10.1 Å². The van der Waals surface area contributed by atoms with E-state index in [0.717, 1.165) is 22.4 Å². The van der Waals surface area contributed by atoms with E-state index in [-0.39, 0.29) is 18.1 Å².